The largest absolute Gasteiger partial charge is 0.308 e. The number of nitrogens with one attached hydrogen (secondary N) is 1. The highest BCUT2D eigenvalue weighted by Gasteiger charge is 2.07. The van der Waals surface area contributed by atoms with Gasteiger partial charge >= 0.3 is 0 Å². The third-order valence-corrected chi connectivity index (χ3v) is 3.14. The molecule has 0 aliphatic heterocycles. The van der Waals surface area contributed by atoms with Gasteiger partial charge in [0.1, 0.15) is 16.7 Å². The molecule has 0 spiro atoms. The molecule has 0 aliphatic carbocycles. The molecular formula is C12H16N6S. The Labute approximate surface area is 116 Å². The van der Waals surface area contributed by atoms with Gasteiger partial charge in [0.25, 0.3) is 0 Å². The molecule has 0 aliphatic rings. The number of nitrogens with zero attached hydrogens (tertiary/aromatic N) is 4. The molecule has 0 fully saturated rings. The Morgan fingerprint density at radius 3 is 2.84 bits per heavy atom. The predicted molar refractivity (Wildman–Crippen MR) is 74.7 cm³/mol. The van der Waals surface area contributed by atoms with Crippen molar-refractivity contribution in [2.45, 2.75) is 36.9 Å². The number of hydrazine groups is 1. The van der Waals surface area contributed by atoms with E-state index >= 15 is 0 Å². The fourth-order valence-corrected chi connectivity index (χ4v) is 2.31. The highest BCUT2D eigenvalue weighted by Crippen LogP contribution is 2.24. The molecule has 2 heterocycles. The number of aromatic nitrogens is 4. The van der Waals surface area contributed by atoms with E-state index < -0.39 is 0 Å². The molecule has 0 aromatic carbocycles. The number of nitrogen functional groups attached to an aromatic ring is 1. The van der Waals surface area contributed by atoms with Crippen LogP contribution >= 0.6 is 11.8 Å². The van der Waals surface area contributed by atoms with Crippen molar-refractivity contribution in [1.29, 1.82) is 0 Å². The first kappa shape index (κ1) is 13.7. The number of rotatable bonds is 5. The van der Waals surface area contributed by atoms with Crippen LogP contribution in [-0.2, 0) is 6.42 Å². The van der Waals surface area contributed by atoms with Gasteiger partial charge in [0, 0.05) is 24.4 Å². The summed E-state index contributed by atoms with van der Waals surface area (Å²) in [6.07, 6.45) is 3.54. The van der Waals surface area contributed by atoms with Gasteiger partial charge in [0.15, 0.2) is 5.16 Å². The van der Waals surface area contributed by atoms with Crippen molar-refractivity contribution in [1.82, 2.24) is 19.9 Å². The van der Waals surface area contributed by atoms with Crippen molar-refractivity contribution < 1.29 is 0 Å². The molecule has 7 heteroatoms. The summed E-state index contributed by atoms with van der Waals surface area (Å²) in [4.78, 5) is 17.3. The van der Waals surface area contributed by atoms with Gasteiger partial charge in [-0.15, -0.1) is 0 Å². The van der Waals surface area contributed by atoms with Crippen molar-refractivity contribution in [2.75, 3.05) is 5.43 Å². The van der Waals surface area contributed by atoms with E-state index in [0.29, 0.717) is 11.0 Å². The third-order valence-electron chi connectivity index (χ3n) is 2.34. The molecule has 2 aromatic heterocycles. The highest BCUT2D eigenvalue weighted by molar-refractivity contribution is 7.99. The van der Waals surface area contributed by atoms with Crippen molar-refractivity contribution in [3.8, 4) is 0 Å². The quantitative estimate of drug-likeness (QED) is 0.373. The maximum absolute atomic E-state index is 5.42. The Hall–Kier alpha value is -1.73. The lowest BCUT2D eigenvalue weighted by atomic mass is 10.3. The molecule has 0 amide bonds. The van der Waals surface area contributed by atoms with Crippen molar-refractivity contribution in [2.24, 2.45) is 5.84 Å². The van der Waals surface area contributed by atoms with Crippen LogP contribution in [0.2, 0.25) is 0 Å². The number of hydrogen-bond acceptors (Lipinski definition) is 7. The first-order valence-electron chi connectivity index (χ1n) is 6.03. The Balaban J connectivity index is 2.26. The van der Waals surface area contributed by atoms with E-state index in [1.807, 2.05) is 13.0 Å². The predicted octanol–water partition coefficient (Wildman–Crippen LogP) is 1.96. The highest BCUT2D eigenvalue weighted by atomic mass is 32.2. The van der Waals surface area contributed by atoms with Crippen LogP contribution in [0.5, 0.6) is 0 Å². The lowest BCUT2D eigenvalue weighted by molar-refractivity contribution is 0.808. The maximum atomic E-state index is 5.42. The van der Waals surface area contributed by atoms with Crippen LogP contribution in [0.15, 0.2) is 28.5 Å². The second kappa shape index (κ2) is 6.44. The summed E-state index contributed by atoms with van der Waals surface area (Å²) in [7, 11) is 0. The van der Waals surface area contributed by atoms with Crippen molar-refractivity contribution in [3.63, 3.8) is 0 Å². The molecular weight excluding hydrogens is 260 g/mol. The Morgan fingerprint density at radius 1 is 1.32 bits per heavy atom. The van der Waals surface area contributed by atoms with E-state index in [1.54, 1.807) is 12.3 Å². The molecule has 0 saturated heterocycles. The zero-order chi connectivity index (χ0) is 13.7. The Morgan fingerprint density at radius 2 is 2.16 bits per heavy atom. The van der Waals surface area contributed by atoms with Gasteiger partial charge < -0.3 is 5.43 Å². The zero-order valence-corrected chi connectivity index (χ0v) is 11.7. The summed E-state index contributed by atoms with van der Waals surface area (Å²) in [6, 6.07) is 3.65. The lowest BCUT2D eigenvalue weighted by Gasteiger charge is -2.06. The Kier molecular flexibility index (Phi) is 4.64. The summed E-state index contributed by atoms with van der Waals surface area (Å²) >= 11 is 1.40. The van der Waals surface area contributed by atoms with Crippen molar-refractivity contribution in [3.05, 3.63) is 29.8 Å². The molecule has 0 unspecified atom stereocenters. The normalized spacial score (nSPS) is 10.5. The van der Waals surface area contributed by atoms with Gasteiger partial charge in [-0.25, -0.2) is 25.8 Å². The summed E-state index contributed by atoms with van der Waals surface area (Å²) in [5, 5.41) is 1.46. The second-order valence-corrected chi connectivity index (χ2v) is 4.97. The van der Waals surface area contributed by atoms with E-state index in [-0.39, 0.29) is 0 Å². The monoisotopic (exact) mass is 276 g/mol. The summed E-state index contributed by atoms with van der Waals surface area (Å²) in [5.74, 6) is 6.80. The number of nitrogens with two attached hydrogens (primary N) is 1. The van der Waals surface area contributed by atoms with Gasteiger partial charge in [-0.3, -0.25) is 0 Å². The van der Waals surface area contributed by atoms with Gasteiger partial charge in [-0.2, -0.15) is 0 Å². The number of aryl methyl sites for hydroxylation is 2. The lowest BCUT2D eigenvalue weighted by Crippen LogP contribution is -2.10. The standard InChI is InChI=1S/C12H16N6S/c1-3-4-9-16-10(18-13)7-11(17-9)19-12-14-6-5-8(2)15-12/h5-7H,3-4,13H2,1-2H3,(H,16,17,18). The molecule has 0 bridgehead atoms. The molecule has 0 radical (unpaired) electrons. The fraction of sp³-hybridized carbons (Fsp3) is 0.333. The smallest absolute Gasteiger partial charge is 0.194 e. The molecule has 6 nitrogen and oxygen atoms in total. The van der Waals surface area contributed by atoms with Crippen LogP contribution < -0.4 is 11.3 Å². The first-order valence-corrected chi connectivity index (χ1v) is 6.85. The summed E-state index contributed by atoms with van der Waals surface area (Å²) < 4.78 is 0. The van der Waals surface area contributed by atoms with Gasteiger partial charge in [-0.05, 0) is 31.2 Å². The minimum Gasteiger partial charge on any atom is -0.308 e. The van der Waals surface area contributed by atoms with E-state index in [1.165, 1.54) is 11.8 Å². The van der Waals surface area contributed by atoms with Crippen LogP contribution in [0.3, 0.4) is 0 Å². The molecule has 2 rings (SSSR count). The molecule has 3 N–H and O–H groups in total. The maximum Gasteiger partial charge on any atom is 0.194 e. The molecule has 0 atom stereocenters. The SMILES string of the molecule is CCCc1nc(NN)cc(Sc2nccc(C)n2)n1. The topological polar surface area (TPSA) is 89.6 Å². The fourth-order valence-electron chi connectivity index (χ4n) is 1.50. The minimum atomic E-state index is 0.605. The second-order valence-electron chi connectivity index (χ2n) is 3.98. The first-order chi connectivity index (χ1) is 9.21. The molecule has 19 heavy (non-hydrogen) atoms. The van der Waals surface area contributed by atoms with Crippen LogP contribution in [0.4, 0.5) is 5.82 Å². The van der Waals surface area contributed by atoms with Crippen LogP contribution in [-0.4, -0.2) is 19.9 Å². The average Bonchev–Trinajstić information content (AvgIpc) is 2.39. The van der Waals surface area contributed by atoms with Crippen LogP contribution in [0, 0.1) is 6.92 Å². The van der Waals surface area contributed by atoms with E-state index in [0.717, 1.165) is 29.4 Å². The Bertz CT molecular complexity index is 560. The van der Waals surface area contributed by atoms with Gasteiger partial charge in [0.05, 0.1) is 0 Å². The average molecular weight is 276 g/mol. The zero-order valence-electron chi connectivity index (χ0n) is 10.9. The van der Waals surface area contributed by atoms with Gasteiger partial charge in [0.2, 0.25) is 0 Å². The van der Waals surface area contributed by atoms with E-state index in [9.17, 15) is 0 Å². The molecule has 2 aromatic rings. The van der Waals surface area contributed by atoms with Gasteiger partial charge in [-0.1, -0.05) is 6.92 Å². The summed E-state index contributed by atoms with van der Waals surface area (Å²) in [6.45, 7) is 4.02. The van der Waals surface area contributed by atoms with Crippen LogP contribution in [0.1, 0.15) is 24.9 Å². The minimum absolute atomic E-state index is 0.605. The van der Waals surface area contributed by atoms with E-state index in [2.05, 4.69) is 32.3 Å². The van der Waals surface area contributed by atoms with E-state index in [4.69, 9.17) is 5.84 Å². The van der Waals surface area contributed by atoms with Crippen LogP contribution in [0.25, 0.3) is 0 Å². The number of hydrogen-bond donors (Lipinski definition) is 2. The molecule has 0 saturated carbocycles. The molecule has 100 valence electrons. The summed E-state index contributed by atoms with van der Waals surface area (Å²) in [5.41, 5.74) is 3.49. The number of anilines is 1. The third kappa shape index (κ3) is 3.87. The van der Waals surface area contributed by atoms with Crippen molar-refractivity contribution >= 4 is 17.6 Å².